The van der Waals surface area contributed by atoms with Crippen LogP contribution >= 0.6 is 0 Å². The number of rotatable bonds is 9. The molecular weight excluding hydrogens is 444 g/mol. The third-order valence-electron chi connectivity index (χ3n) is 6.35. The first kappa shape index (κ1) is 24.5. The molecule has 0 atom stereocenters. The first-order valence-corrected chi connectivity index (χ1v) is 12.0. The minimum Gasteiger partial charge on any atom is -0.497 e. The van der Waals surface area contributed by atoms with Gasteiger partial charge in [-0.15, -0.1) is 0 Å². The summed E-state index contributed by atoms with van der Waals surface area (Å²) in [6.45, 7) is 7.06. The molecule has 2 amide bonds. The van der Waals surface area contributed by atoms with Gasteiger partial charge in [0.05, 0.1) is 7.11 Å². The molecule has 1 aromatic heterocycles. The van der Waals surface area contributed by atoms with E-state index in [4.69, 9.17) is 9.26 Å². The fraction of sp³-hybridized carbons (Fsp3) is 0.370. The molecule has 1 fully saturated rings. The van der Waals surface area contributed by atoms with Crippen LogP contribution in [-0.4, -0.2) is 78.0 Å². The van der Waals surface area contributed by atoms with Gasteiger partial charge >= 0.3 is 0 Å². The molecule has 184 valence electrons. The first-order valence-electron chi connectivity index (χ1n) is 12.0. The zero-order valence-corrected chi connectivity index (χ0v) is 20.4. The zero-order valence-electron chi connectivity index (χ0n) is 20.4. The highest BCUT2D eigenvalue weighted by Gasteiger charge is 2.24. The van der Waals surface area contributed by atoms with Crippen molar-refractivity contribution < 1.29 is 18.8 Å². The molecule has 8 heteroatoms. The number of benzene rings is 2. The molecular formula is C27H32N4O4. The normalized spacial score (nSPS) is 14.1. The van der Waals surface area contributed by atoms with Crippen LogP contribution < -0.4 is 4.74 Å². The van der Waals surface area contributed by atoms with Crippen LogP contribution in [0.25, 0.3) is 11.3 Å². The van der Waals surface area contributed by atoms with Crippen LogP contribution in [0, 0.1) is 0 Å². The van der Waals surface area contributed by atoms with Gasteiger partial charge in [0.2, 0.25) is 5.91 Å². The summed E-state index contributed by atoms with van der Waals surface area (Å²) in [6, 6.07) is 18.8. The summed E-state index contributed by atoms with van der Waals surface area (Å²) in [5.74, 6) is 0.978. The van der Waals surface area contributed by atoms with Crippen LogP contribution in [0.3, 0.4) is 0 Å². The second-order valence-electron chi connectivity index (χ2n) is 8.59. The number of piperazine rings is 1. The van der Waals surface area contributed by atoms with Gasteiger partial charge in [-0.25, -0.2) is 0 Å². The predicted molar refractivity (Wildman–Crippen MR) is 133 cm³/mol. The molecule has 0 unspecified atom stereocenters. The smallest absolute Gasteiger partial charge is 0.276 e. The Balaban J connectivity index is 1.46. The Kier molecular flexibility index (Phi) is 8.15. The van der Waals surface area contributed by atoms with E-state index in [1.54, 1.807) is 18.1 Å². The summed E-state index contributed by atoms with van der Waals surface area (Å²) < 4.78 is 10.8. The van der Waals surface area contributed by atoms with Crippen molar-refractivity contribution in [2.45, 2.75) is 19.9 Å². The molecule has 0 N–H and O–H groups in total. The average molecular weight is 477 g/mol. The van der Waals surface area contributed by atoms with E-state index >= 15 is 0 Å². The number of amides is 2. The number of aromatic nitrogens is 1. The highest BCUT2D eigenvalue weighted by molar-refractivity contribution is 5.93. The third-order valence-corrected chi connectivity index (χ3v) is 6.35. The number of likely N-dealkylation sites (N-methyl/N-ethyl adjacent to an activating group) is 1. The van der Waals surface area contributed by atoms with Crippen molar-refractivity contribution in [2.75, 3.05) is 46.4 Å². The van der Waals surface area contributed by atoms with Crippen molar-refractivity contribution in [1.82, 2.24) is 19.9 Å². The molecule has 1 saturated heterocycles. The second kappa shape index (κ2) is 11.7. The van der Waals surface area contributed by atoms with E-state index in [1.165, 1.54) is 0 Å². The Bertz CT molecular complexity index is 1120. The van der Waals surface area contributed by atoms with Crippen molar-refractivity contribution in [3.05, 3.63) is 71.9 Å². The Hall–Kier alpha value is -3.65. The number of carbonyl (C=O) groups is 2. The van der Waals surface area contributed by atoms with Gasteiger partial charge in [0.1, 0.15) is 5.75 Å². The van der Waals surface area contributed by atoms with E-state index in [2.05, 4.69) is 17.0 Å². The van der Waals surface area contributed by atoms with Crippen molar-refractivity contribution in [3.63, 3.8) is 0 Å². The van der Waals surface area contributed by atoms with Crippen LogP contribution in [0.15, 0.2) is 65.2 Å². The number of methoxy groups -OCH3 is 1. The Labute approximate surface area is 206 Å². The number of hydrogen-bond donors (Lipinski definition) is 0. The lowest BCUT2D eigenvalue weighted by molar-refractivity contribution is -0.133. The minimum atomic E-state index is -0.268. The molecule has 0 spiro atoms. The maximum atomic E-state index is 13.4. The molecule has 2 heterocycles. The topological polar surface area (TPSA) is 79.1 Å². The molecule has 8 nitrogen and oxygen atoms in total. The summed E-state index contributed by atoms with van der Waals surface area (Å²) in [5, 5.41) is 4.04. The Morgan fingerprint density at radius 1 is 1.03 bits per heavy atom. The van der Waals surface area contributed by atoms with Gasteiger partial charge in [-0.2, -0.15) is 0 Å². The maximum Gasteiger partial charge on any atom is 0.276 e. The molecule has 0 bridgehead atoms. The van der Waals surface area contributed by atoms with Crippen LogP contribution in [0.4, 0.5) is 0 Å². The Morgan fingerprint density at radius 2 is 1.80 bits per heavy atom. The van der Waals surface area contributed by atoms with E-state index in [0.717, 1.165) is 43.9 Å². The van der Waals surface area contributed by atoms with Crippen molar-refractivity contribution >= 4 is 11.8 Å². The summed E-state index contributed by atoms with van der Waals surface area (Å²) >= 11 is 0. The summed E-state index contributed by atoms with van der Waals surface area (Å²) in [6.07, 6.45) is 0.269. The summed E-state index contributed by atoms with van der Waals surface area (Å²) in [4.78, 5) is 32.2. The monoisotopic (exact) mass is 476 g/mol. The molecule has 1 aliphatic rings. The number of ether oxygens (including phenoxy) is 1. The Morgan fingerprint density at radius 3 is 2.51 bits per heavy atom. The molecule has 4 rings (SSSR count). The van der Waals surface area contributed by atoms with Gasteiger partial charge in [-0.05, 0) is 24.2 Å². The average Bonchev–Trinajstić information content (AvgIpc) is 3.41. The van der Waals surface area contributed by atoms with Crippen LogP contribution in [-0.2, 0) is 11.3 Å². The van der Waals surface area contributed by atoms with Gasteiger partial charge in [0, 0.05) is 57.3 Å². The van der Waals surface area contributed by atoms with E-state index < -0.39 is 0 Å². The number of nitrogens with zero attached hydrogens (tertiary/aromatic N) is 4. The fourth-order valence-corrected chi connectivity index (χ4v) is 4.21. The van der Waals surface area contributed by atoms with Crippen LogP contribution in [0.5, 0.6) is 5.75 Å². The number of carbonyl (C=O) groups excluding carboxylic acids is 2. The maximum absolute atomic E-state index is 13.4. The first-order chi connectivity index (χ1) is 17.1. The molecule has 35 heavy (non-hydrogen) atoms. The van der Waals surface area contributed by atoms with Gasteiger partial charge in [-0.1, -0.05) is 54.5 Å². The van der Waals surface area contributed by atoms with Crippen LogP contribution in [0.2, 0.25) is 0 Å². The largest absolute Gasteiger partial charge is 0.497 e. The molecule has 0 aliphatic carbocycles. The highest BCUT2D eigenvalue weighted by Crippen LogP contribution is 2.25. The lowest BCUT2D eigenvalue weighted by atomic mass is 10.1. The van der Waals surface area contributed by atoms with Crippen LogP contribution in [0.1, 0.15) is 29.4 Å². The third kappa shape index (κ3) is 6.27. The van der Waals surface area contributed by atoms with E-state index in [1.807, 2.05) is 59.5 Å². The molecule has 2 aromatic carbocycles. The van der Waals surface area contributed by atoms with E-state index in [0.29, 0.717) is 24.6 Å². The fourth-order valence-electron chi connectivity index (χ4n) is 4.21. The van der Waals surface area contributed by atoms with Crippen molar-refractivity contribution in [3.8, 4) is 17.1 Å². The SMILES string of the molecule is CCN1CCN(C(=O)CCN(Cc2ccccc2)C(=O)c2cc(-c3cccc(OC)c3)on2)CC1. The molecule has 1 aliphatic heterocycles. The molecule has 3 aromatic rings. The summed E-state index contributed by atoms with van der Waals surface area (Å²) in [5.41, 5.74) is 1.97. The van der Waals surface area contributed by atoms with Gasteiger partial charge in [-0.3, -0.25) is 9.59 Å². The molecule has 0 radical (unpaired) electrons. The lowest BCUT2D eigenvalue weighted by Crippen LogP contribution is -2.49. The van der Waals surface area contributed by atoms with Gasteiger partial charge in [0.25, 0.3) is 5.91 Å². The minimum absolute atomic E-state index is 0.0730. The van der Waals surface area contributed by atoms with E-state index in [-0.39, 0.29) is 23.9 Å². The zero-order chi connectivity index (χ0) is 24.6. The van der Waals surface area contributed by atoms with Crippen molar-refractivity contribution in [2.24, 2.45) is 0 Å². The second-order valence-corrected chi connectivity index (χ2v) is 8.59. The van der Waals surface area contributed by atoms with Crippen molar-refractivity contribution in [1.29, 1.82) is 0 Å². The highest BCUT2D eigenvalue weighted by atomic mass is 16.5. The standard InChI is InChI=1S/C27H32N4O4/c1-3-29-14-16-30(17-15-29)26(32)12-13-31(20-21-8-5-4-6-9-21)27(33)24-19-25(35-28-24)22-10-7-11-23(18-22)34-2/h4-11,18-19H,3,12-17,20H2,1-2H3. The van der Waals surface area contributed by atoms with Gasteiger partial charge < -0.3 is 24.0 Å². The van der Waals surface area contributed by atoms with Gasteiger partial charge in [0.15, 0.2) is 11.5 Å². The number of hydrogen-bond acceptors (Lipinski definition) is 6. The van der Waals surface area contributed by atoms with E-state index in [9.17, 15) is 9.59 Å². The predicted octanol–water partition coefficient (Wildman–Crippen LogP) is 3.55. The lowest BCUT2D eigenvalue weighted by Gasteiger charge is -2.34. The summed E-state index contributed by atoms with van der Waals surface area (Å²) in [7, 11) is 1.60. The quantitative estimate of drug-likeness (QED) is 0.470. The molecule has 0 saturated carbocycles.